The Balaban J connectivity index is 3.28. The molecule has 102 valence electrons. The Morgan fingerprint density at radius 2 is 1.56 bits per heavy atom. The van der Waals surface area contributed by atoms with E-state index in [2.05, 4.69) is 4.39 Å². The zero-order valence-electron chi connectivity index (χ0n) is 10.3. The minimum absolute atomic E-state index is 0.101. The van der Waals surface area contributed by atoms with Gasteiger partial charge in [-0.1, -0.05) is 25.7 Å². The van der Waals surface area contributed by atoms with Crippen LogP contribution in [0, 0.1) is 0 Å². The van der Waals surface area contributed by atoms with Crippen LogP contribution in [0.3, 0.4) is 0 Å². The van der Waals surface area contributed by atoms with Crippen molar-refractivity contribution in [2.24, 2.45) is 5.14 Å². The van der Waals surface area contributed by atoms with Gasteiger partial charge in [0, 0.05) is 0 Å². The van der Waals surface area contributed by atoms with Gasteiger partial charge < -0.3 is 0 Å². The maximum atomic E-state index is 12.0. The van der Waals surface area contributed by atoms with Crippen molar-refractivity contribution in [3.63, 3.8) is 0 Å². The fourth-order valence-corrected chi connectivity index (χ4v) is 6.15. The zero-order valence-corrected chi connectivity index (χ0v) is 13.0. The monoisotopic (exact) mass is 308 g/mol. The first-order valence-corrected chi connectivity index (χ1v) is 11.6. The third-order valence-electron chi connectivity index (χ3n) is 1.88. The highest BCUT2D eigenvalue weighted by Crippen LogP contribution is 2.15. The molecule has 0 unspecified atom stereocenters. The lowest BCUT2D eigenvalue weighted by molar-refractivity contribution is 0.592. The molecule has 0 saturated carbocycles. The summed E-state index contributed by atoms with van der Waals surface area (Å²) in [5, 5.41) is 4.96. The fraction of sp³-hybridized carbons (Fsp3) is 0.333. The molecule has 0 radical (unpaired) electrons. The molecule has 0 spiro atoms. The largest absolute Gasteiger partial charge is 0.238 e. The highest BCUT2D eigenvalue weighted by atomic mass is 32.2. The highest BCUT2D eigenvalue weighted by Gasteiger charge is 2.24. The number of sulfonamides is 2. The van der Waals surface area contributed by atoms with Gasteiger partial charge in [0.2, 0.25) is 20.0 Å². The van der Waals surface area contributed by atoms with E-state index in [1.165, 1.54) is 18.2 Å². The summed E-state index contributed by atoms with van der Waals surface area (Å²) >= 11 is 0. The molecular weight excluding hydrogens is 292 g/mol. The Kier molecular flexibility index (Phi) is 4.03. The van der Waals surface area contributed by atoms with Crippen molar-refractivity contribution in [2.45, 2.75) is 29.4 Å². The number of primary sulfonamides is 1. The molecule has 0 fully saturated rings. The van der Waals surface area contributed by atoms with Crippen LogP contribution in [0.15, 0.2) is 34.1 Å². The summed E-state index contributed by atoms with van der Waals surface area (Å²) in [5.41, 5.74) is 0. The van der Waals surface area contributed by atoms with E-state index in [4.69, 9.17) is 5.14 Å². The van der Waals surface area contributed by atoms with Crippen LogP contribution >= 0.6 is 0 Å². The highest BCUT2D eigenvalue weighted by molar-refractivity contribution is 7.91. The second-order valence-corrected chi connectivity index (χ2v) is 13.2. The van der Waals surface area contributed by atoms with Gasteiger partial charge in [-0.3, -0.25) is 0 Å². The molecular formula is C9H16N2O4S2Si. The number of nitrogens with two attached hydrogens (primary N) is 1. The molecule has 1 rings (SSSR count). The average molecular weight is 308 g/mol. The summed E-state index contributed by atoms with van der Waals surface area (Å²) in [6.07, 6.45) is 0. The van der Waals surface area contributed by atoms with E-state index in [0.717, 1.165) is 6.07 Å². The summed E-state index contributed by atoms with van der Waals surface area (Å²) in [5.74, 6) is 0. The molecule has 0 aromatic heterocycles. The second kappa shape index (κ2) is 4.74. The van der Waals surface area contributed by atoms with E-state index in [1.54, 1.807) is 0 Å². The predicted molar refractivity (Wildman–Crippen MR) is 71.5 cm³/mol. The van der Waals surface area contributed by atoms with Crippen LogP contribution < -0.4 is 9.53 Å². The second-order valence-electron chi connectivity index (χ2n) is 4.88. The summed E-state index contributed by atoms with van der Waals surface area (Å²) in [6, 6.07) is 4.98. The van der Waals surface area contributed by atoms with Gasteiger partial charge in [-0.15, -0.1) is 0 Å². The van der Waals surface area contributed by atoms with E-state index in [1.807, 2.05) is 19.6 Å². The molecule has 3 N–H and O–H groups in total. The molecule has 0 bridgehead atoms. The molecule has 0 amide bonds. The summed E-state index contributed by atoms with van der Waals surface area (Å²) in [4.78, 5) is -0.322. The minimum atomic E-state index is -3.91. The normalized spacial score (nSPS) is 13.6. The minimum Gasteiger partial charge on any atom is -0.234 e. The topological polar surface area (TPSA) is 106 Å². The van der Waals surface area contributed by atoms with Crippen molar-refractivity contribution in [1.29, 1.82) is 0 Å². The molecule has 0 aliphatic rings. The van der Waals surface area contributed by atoms with Crippen LogP contribution in [0.5, 0.6) is 0 Å². The number of hydrogen-bond donors (Lipinski definition) is 2. The van der Waals surface area contributed by atoms with Crippen LogP contribution in [0.4, 0.5) is 0 Å². The maximum absolute atomic E-state index is 12.0. The Morgan fingerprint density at radius 3 is 2.00 bits per heavy atom. The molecule has 0 aliphatic carbocycles. The number of rotatable bonds is 4. The van der Waals surface area contributed by atoms with E-state index >= 15 is 0 Å². The van der Waals surface area contributed by atoms with Gasteiger partial charge in [-0.2, -0.15) is 0 Å². The predicted octanol–water partition coefficient (Wildman–Crippen LogP) is 0.447. The Hall–Kier alpha value is -0.743. The van der Waals surface area contributed by atoms with Gasteiger partial charge in [-0.25, -0.2) is 26.4 Å². The molecule has 0 saturated heterocycles. The van der Waals surface area contributed by atoms with E-state index < -0.39 is 28.3 Å². The summed E-state index contributed by atoms with van der Waals surface area (Å²) < 4.78 is 48.9. The van der Waals surface area contributed by atoms with Crippen molar-refractivity contribution in [3.8, 4) is 0 Å². The number of nitrogens with one attached hydrogen (secondary N) is 1. The van der Waals surface area contributed by atoms with Crippen molar-refractivity contribution in [3.05, 3.63) is 24.3 Å². The van der Waals surface area contributed by atoms with Crippen LogP contribution in [0.25, 0.3) is 0 Å². The summed E-state index contributed by atoms with van der Waals surface area (Å²) in [6.45, 7) is 5.48. The first-order valence-electron chi connectivity index (χ1n) is 5.09. The maximum Gasteiger partial charge on any atom is 0.238 e. The van der Waals surface area contributed by atoms with E-state index in [-0.39, 0.29) is 9.79 Å². The van der Waals surface area contributed by atoms with Crippen molar-refractivity contribution >= 4 is 28.3 Å². The molecule has 1 aromatic carbocycles. The molecule has 9 heteroatoms. The lowest BCUT2D eigenvalue weighted by atomic mass is 10.4. The van der Waals surface area contributed by atoms with Crippen molar-refractivity contribution in [2.75, 3.05) is 0 Å². The number of benzene rings is 1. The van der Waals surface area contributed by atoms with Gasteiger partial charge >= 0.3 is 0 Å². The third kappa shape index (κ3) is 4.17. The molecule has 0 heterocycles. The summed E-state index contributed by atoms with van der Waals surface area (Å²) in [7, 11) is -9.68. The van der Waals surface area contributed by atoms with Crippen LogP contribution in [0.1, 0.15) is 0 Å². The van der Waals surface area contributed by atoms with E-state index in [9.17, 15) is 16.8 Å². The lowest BCUT2D eigenvalue weighted by Crippen LogP contribution is -2.45. The van der Waals surface area contributed by atoms with Crippen molar-refractivity contribution in [1.82, 2.24) is 4.39 Å². The molecule has 6 nitrogen and oxygen atoms in total. The molecule has 18 heavy (non-hydrogen) atoms. The van der Waals surface area contributed by atoms with Gasteiger partial charge in [0.05, 0.1) is 9.79 Å². The molecule has 1 aromatic rings. The quantitative estimate of drug-likeness (QED) is 0.787. The smallest absolute Gasteiger partial charge is 0.234 e. The first-order chi connectivity index (χ1) is 7.92. The van der Waals surface area contributed by atoms with E-state index in [0.29, 0.717) is 0 Å². The standard InChI is InChI=1S/C9H16N2O4S2Si/c1-18(2,3)11-17(14,15)9-6-4-5-8(7-9)16(10,12)13/h4-7,11H,1-3H3,(H2,10,12,13). The number of hydrogen-bond acceptors (Lipinski definition) is 4. The van der Waals surface area contributed by atoms with Gasteiger partial charge in [0.25, 0.3) is 0 Å². The lowest BCUT2D eigenvalue weighted by Gasteiger charge is -2.18. The third-order valence-corrected chi connectivity index (χ3v) is 7.19. The van der Waals surface area contributed by atoms with Gasteiger partial charge in [-0.05, 0) is 18.2 Å². The van der Waals surface area contributed by atoms with Gasteiger partial charge in [0.1, 0.15) is 8.24 Å². The SMILES string of the molecule is C[Si](C)(C)NS(=O)(=O)c1cccc(S(N)(=O)=O)c1. The fourth-order valence-electron chi connectivity index (χ4n) is 1.28. The molecule has 0 atom stereocenters. The first kappa shape index (κ1) is 15.3. The van der Waals surface area contributed by atoms with Crippen LogP contribution in [-0.2, 0) is 20.0 Å². The molecule has 0 aliphatic heterocycles. The van der Waals surface area contributed by atoms with Gasteiger partial charge in [0.15, 0.2) is 0 Å². The van der Waals surface area contributed by atoms with Crippen LogP contribution in [0.2, 0.25) is 19.6 Å². The Labute approximate surface area is 108 Å². The average Bonchev–Trinajstić information content (AvgIpc) is 2.13. The van der Waals surface area contributed by atoms with Crippen molar-refractivity contribution < 1.29 is 16.8 Å². The zero-order chi connectivity index (χ0) is 14.2. The Bertz CT molecular complexity index is 647. The van der Waals surface area contributed by atoms with Crippen LogP contribution in [-0.4, -0.2) is 25.1 Å². The Morgan fingerprint density at radius 1 is 1.06 bits per heavy atom.